The van der Waals surface area contributed by atoms with Gasteiger partial charge in [0.05, 0.1) is 6.04 Å². The molecular formula is C11H19N3S. The summed E-state index contributed by atoms with van der Waals surface area (Å²) < 4.78 is 0. The van der Waals surface area contributed by atoms with Crippen molar-refractivity contribution in [2.75, 3.05) is 13.1 Å². The Hall–Kier alpha value is -0.450. The van der Waals surface area contributed by atoms with E-state index < -0.39 is 0 Å². The highest BCUT2D eigenvalue weighted by Crippen LogP contribution is 2.26. The van der Waals surface area contributed by atoms with E-state index in [2.05, 4.69) is 23.7 Å². The van der Waals surface area contributed by atoms with Gasteiger partial charge < -0.3 is 5.73 Å². The van der Waals surface area contributed by atoms with Crippen molar-refractivity contribution >= 4 is 11.3 Å². The lowest BCUT2D eigenvalue weighted by Gasteiger charge is -2.33. The zero-order valence-electron chi connectivity index (χ0n) is 9.44. The molecule has 1 aliphatic rings. The second-order valence-electron chi connectivity index (χ2n) is 4.36. The average Bonchev–Trinajstić information content (AvgIpc) is 2.65. The van der Waals surface area contributed by atoms with Gasteiger partial charge in [0.25, 0.3) is 0 Å². The molecule has 1 aliphatic heterocycles. The molecule has 1 saturated heterocycles. The van der Waals surface area contributed by atoms with Crippen LogP contribution in [-0.2, 0) is 0 Å². The highest BCUT2D eigenvalue weighted by molar-refractivity contribution is 7.11. The van der Waals surface area contributed by atoms with Crippen molar-refractivity contribution in [3.05, 3.63) is 16.1 Å². The number of nitrogens with zero attached hydrogens (tertiary/aromatic N) is 2. The molecule has 2 heterocycles. The monoisotopic (exact) mass is 225 g/mol. The Labute approximate surface area is 95.3 Å². The Morgan fingerprint density at radius 1 is 1.53 bits per heavy atom. The van der Waals surface area contributed by atoms with Crippen LogP contribution in [0.15, 0.2) is 6.20 Å². The average molecular weight is 225 g/mol. The third-order valence-corrected chi connectivity index (χ3v) is 4.20. The number of nitrogens with two attached hydrogens (primary N) is 1. The Bertz CT molecular complexity index is 315. The van der Waals surface area contributed by atoms with Crippen LogP contribution in [0.4, 0.5) is 0 Å². The van der Waals surface area contributed by atoms with Crippen LogP contribution in [-0.4, -0.2) is 29.0 Å². The van der Waals surface area contributed by atoms with E-state index in [0.717, 1.165) is 25.9 Å². The highest BCUT2D eigenvalue weighted by atomic mass is 32.1. The van der Waals surface area contributed by atoms with Crippen LogP contribution >= 0.6 is 11.3 Å². The number of hydrogen-bond donors (Lipinski definition) is 1. The fraction of sp³-hybridized carbons (Fsp3) is 0.727. The predicted octanol–water partition coefficient (Wildman–Crippen LogP) is 1.94. The number of piperidine rings is 1. The molecule has 0 saturated carbocycles. The smallest absolute Gasteiger partial charge is 0.110 e. The number of likely N-dealkylation sites (tertiary alicyclic amines) is 1. The Morgan fingerprint density at radius 3 is 2.73 bits per heavy atom. The molecule has 1 aromatic heterocycles. The van der Waals surface area contributed by atoms with Gasteiger partial charge in [-0.25, -0.2) is 4.98 Å². The summed E-state index contributed by atoms with van der Waals surface area (Å²) in [6, 6.07) is 0.864. The number of thiazole rings is 1. The molecule has 2 rings (SSSR count). The maximum absolute atomic E-state index is 5.90. The van der Waals surface area contributed by atoms with Gasteiger partial charge in [-0.15, -0.1) is 11.3 Å². The fourth-order valence-electron chi connectivity index (χ4n) is 2.03. The van der Waals surface area contributed by atoms with Crippen LogP contribution in [0.25, 0.3) is 0 Å². The van der Waals surface area contributed by atoms with Crippen LogP contribution in [0.2, 0.25) is 0 Å². The molecule has 0 aromatic carbocycles. The van der Waals surface area contributed by atoms with E-state index in [-0.39, 0.29) is 0 Å². The SMILES string of the molecule is Cc1cnc(C(C)N2CCC(N)CC2)s1. The summed E-state index contributed by atoms with van der Waals surface area (Å²) in [5.74, 6) is 0. The Morgan fingerprint density at radius 2 is 2.20 bits per heavy atom. The number of hydrogen-bond acceptors (Lipinski definition) is 4. The summed E-state index contributed by atoms with van der Waals surface area (Å²) >= 11 is 1.81. The normalized spacial score (nSPS) is 21.8. The van der Waals surface area contributed by atoms with Crippen molar-refractivity contribution in [1.82, 2.24) is 9.88 Å². The summed E-state index contributed by atoms with van der Waals surface area (Å²) in [5, 5.41) is 1.24. The Balaban J connectivity index is 1.99. The first-order chi connectivity index (χ1) is 7.16. The number of aryl methyl sites for hydroxylation is 1. The second-order valence-corrected chi connectivity index (χ2v) is 5.62. The van der Waals surface area contributed by atoms with Crippen molar-refractivity contribution in [2.24, 2.45) is 5.73 Å². The summed E-state index contributed by atoms with van der Waals surface area (Å²) in [5.41, 5.74) is 5.90. The molecule has 1 aromatic rings. The molecule has 0 bridgehead atoms. The first-order valence-electron chi connectivity index (χ1n) is 5.59. The van der Waals surface area contributed by atoms with Crippen LogP contribution < -0.4 is 5.73 Å². The fourth-order valence-corrected chi connectivity index (χ4v) is 2.89. The van der Waals surface area contributed by atoms with Crippen molar-refractivity contribution in [2.45, 2.75) is 38.8 Å². The summed E-state index contributed by atoms with van der Waals surface area (Å²) in [6.45, 7) is 6.58. The molecule has 1 unspecified atom stereocenters. The zero-order chi connectivity index (χ0) is 10.8. The van der Waals surface area contributed by atoms with E-state index in [1.807, 2.05) is 6.20 Å². The maximum atomic E-state index is 5.90. The van der Waals surface area contributed by atoms with E-state index in [0.29, 0.717) is 12.1 Å². The van der Waals surface area contributed by atoms with Gasteiger partial charge in [0.15, 0.2) is 0 Å². The molecule has 15 heavy (non-hydrogen) atoms. The maximum Gasteiger partial charge on any atom is 0.110 e. The summed E-state index contributed by atoms with van der Waals surface area (Å²) in [4.78, 5) is 8.24. The van der Waals surface area contributed by atoms with Gasteiger partial charge in [0.1, 0.15) is 5.01 Å². The minimum Gasteiger partial charge on any atom is -0.328 e. The van der Waals surface area contributed by atoms with Crippen molar-refractivity contribution in [3.63, 3.8) is 0 Å². The molecule has 84 valence electrons. The van der Waals surface area contributed by atoms with Crippen molar-refractivity contribution in [3.8, 4) is 0 Å². The van der Waals surface area contributed by atoms with Crippen molar-refractivity contribution in [1.29, 1.82) is 0 Å². The van der Waals surface area contributed by atoms with E-state index in [1.165, 1.54) is 9.88 Å². The van der Waals surface area contributed by atoms with Gasteiger partial charge >= 0.3 is 0 Å². The van der Waals surface area contributed by atoms with Gasteiger partial charge in [0, 0.05) is 30.2 Å². The van der Waals surface area contributed by atoms with Crippen LogP contribution in [0.3, 0.4) is 0 Å². The van der Waals surface area contributed by atoms with Crippen molar-refractivity contribution < 1.29 is 0 Å². The number of rotatable bonds is 2. The molecule has 4 heteroatoms. The van der Waals surface area contributed by atoms with Gasteiger partial charge in [-0.2, -0.15) is 0 Å². The first-order valence-corrected chi connectivity index (χ1v) is 6.40. The number of aromatic nitrogens is 1. The molecule has 0 spiro atoms. The largest absolute Gasteiger partial charge is 0.328 e. The third kappa shape index (κ3) is 2.56. The van der Waals surface area contributed by atoms with Gasteiger partial charge in [-0.1, -0.05) is 0 Å². The topological polar surface area (TPSA) is 42.2 Å². The van der Waals surface area contributed by atoms with Gasteiger partial charge in [-0.3, -0.25) is 4.90 Å². The standard InChI is InChI=1S/C11H19N3S/c1-8-7-13-11(15-8)9(2)14-5-3-10(12)4-6-14/h7,9-10H,3-6,12H2,1-2H3. The first kappa shape index (κ1) is 11.0. The molecule has 0 amide bonds. The molecule has 1 atom stereocenters. The van der Waals surface area contributed by atoms with Crippen LogP contribution in [0.1, 0.15) is 35.7 Å². The lowest BCUT2D eigenvalue weighted by Crippen LogP contribution is -2.40. The Kier molecular flexibility index (Phi) is 3.38. The van der Waals surface area contributed by atoms with Crippen LogP contribution in [0, 0.1) is 6.92 Å². The third-order valence-electron chi connectivity index (χ3n) is 3.12. The van der Waals surface area contributed by atoms with Gasteiger partial charge in [0.2, 0.25) is 0 Å². The molecule has 2 N–H and O–H groups in total. The lowest BCUT2D eigenvalue weighted by molar-refractivity contribution is 0.163. The van der Waals surface area contributed by atoms with E-state index in [1.54, 1.807) is 11.3 Å². The molecular weight excluding hydrogens is 206 g/mol. The molecule has 3 nitrogen and oxygen atoms in total. The van der Waals surface area contributed by atoms with E-state index in [9.17, 15) is 0 Å². The predicted molar refractivity (Wildman–Crippen MR) is 64.0 cm³/mol. The minimum atomic E-state index is 0.409. The van der Waals surface area contributed by atoms with E-state index >= 15 is 0 Å². The van der Waals surface area contributed by atoms with Crippen LogP contribution in [0.5, 0.6) is 0 Å². The summed E-state index contributed by atoms with van der Waals surface area (Å²) in [6.07, 6.45) is 4.20. The molecule has 1 fully saturated rings. The zero-order valence-corrected chi connectivity index (χ0v) is 10.3. The lowest BCUT2D eigenvalue weighted by atomic mass is 10.0. The van der Waals surface area contributed by atoms with Gasteiger partial charge in [-0.05, 0) is 26.7 Å². The van der Waals surface area contributed by atoms with E-state index in [4.69, 9.17) is 5.73 Å². The highest BCUT2D eigenvalue weighted by Gasteiger charge is 2.22. The molecule has 0 radical (unpaired) electrons. The molecule has 0 aliphatic carbocycles. The minimum absolute atomic E-state index is 0.409. The summed E-state index contributed by atoms with van der Waals surface area (Å²) in [7, 11) is 0. The second kappa shape index (κ2) is 4.60. The quantitative estimate of drug-likeness (QED) is 0.836.